The van der Waals surface area contributed by atoms with Gasteiger partial charge in [-0.1, -0.05) is 22.9 Å². The van der Waals surface area contributed by atoms with Crippen LogP contribution in [0.15, 0.2) is 16.6 Å². The van der Waals surface area contributed by atoms with Crippen molar-refractivity contribution in [2.24, 2.45) is 0 Å². The third-order valence-electron chi connectivity index (χ3n) is 3.46. The molecule has 1 aromatic heterocycles. The molecule has 0 fully saturated rings. The van der Waals surface area contributed by atoms with E-state index in [4.69, 9.17) is 16.3 Å². The van der Waals surface area contributed by atoms with Crippen LogP contribution in [0, 0.1) is 13.8 Å². The van der Waals surface area contributed by atoms with Crippen LogP contribution in [0.25, 0.3) is 0 Å². The molecule has 2 rings (SSSR count). The van der Waals surface area contributed by atoms with Crippen molar-refractivity contribution >= 4 is 67.5 Å². The Morgan fingerprint density at radius 2 is 1.89 bits per heavy atom. The first-order valence-corrected chi connectivity index (χ1v) is 10.2. The third kappa shape index (κ3) is 7.17. The highest BCUT2D eigenvalue weighted by Crippen LogP contribution is 2.28. The molecule has 2 amide bonds. The quantitative estimate of drug-likeness (QED) is 0.545. The molecule has 0 saturated carbocycles. The number of aromatic nitrogens is 2. The van der Waals surface area contributed by atoms with Crippen LogP contribution in [0.5, 0.6) is 0 Å². The highest BCUT2D eigenvalue weighted by molar-refractivity contribution is 9.10. The van der Waals surface area contributed by atoms with Crippen LogP contribution in [0.3, 0.4) is 0 Å². The number of nitrogens with one attached hydrogen (secondary N) is 2. The molecule has 0 radical (unpaired) electrons. The predicted octanol–water partition coefficient (Wildman–Crippen LogP) is 3.86. The van der Waals surface area contributed by atoms with Gasteiger partial charge in [0.1, 0.15) is 5.01 Å². The highest BCUT2D eigenvalue weighted by Gasteiger charge is 2.12. The van der Waals surface area contributed by atoms with Gasteiger partial charge in [0.15, 0.2) is 6.61 Å². The molecule has 0 aliphatic carbocycles. The van der Waals surface area contributed by atoms with Crippen molar-refractivity contribution in [3.63, 3.8) is 0 Å². The largest absolute Gasteiger partial charge is 0.456 e. The van der Waals surface area contributed by atoms with Gasteiger partial charge in [-0.2, -0.15) is 0 Å². The molecule has 8 nitrogen and oxygen atoms in total. The first-order chi connectivity index (χ1) is 13.2. The Bertz CT molecular complexity index is 890. The molecule has 28 heavy (non-hydrogen) atoms. The van der Waals surface area contributed by atoms with E-state index >= 15 is 0 Å². The van der Waals surface area contributed by atoms with Crippen LogP contribution >= 0.6 is 38.9 Å². The van der Waals surface area contributed by atoms with Crippen molar-refractivity contribution in [2.75, 3.05) is 17.2 Å². The van der Waals surface area contributed by atoms with E-state index in [1.54, 1.807) is 19.1 Å². The number of carbonyl (C=O) groups is 3. The average Bonchev–Trinajstić information content (AvgIpc) is 3.02. The monoisotopic (exact) mass is 488 g/mol. The SMILES string of the molecule is Cc1nnc(NC(=O)CCCC(=O)OCC(=O)Nc2cc(Cl)c(Br)cc2C)s1. The second-order valence-electron chi connectivity index (χ2n) is 5.82. The normalized spacial score (nSPS) is 10.4. The molecule has 11 heteroatoms. The third-order valence-corrected chi connectivity index (χ3v) is 5.41. The standard InChI is InChI=1S/C17H18BrClN4O4S/c1-9-6-11(18)12(19)7-13(9)20-15(25)8-27-16(26)5-3-4-14(24)21-17-23-22-10(2)28-17/h6-7H,3-5,8H2,1-2H3,(H,20,25)(H,21,23,24). The van der Waals surface area contributed by atoms with Gasteiger partial charge in [-0.15, -0.1) is 10.2 Å². The van der Waals surface area contributed by atoms with E-state index in [0.717, 1.165) is 15.0 Å². The lowest BCUT2D eigenvalue weighted by atomic mass is 10.2. The molecular weight excluding hydrogens is 472 g/mol. The summed E-state index contributed by atoms with van der Waals surface area (Å²) in [7, 11) is 0. The summed E-state index contributed by atoms with van der Waals surface area (Å²) in [6, 6.07) is 3.39. The van der Waals surface area contributed by atoms with E-state index in [0.29, 0.717) is 22.3 Å². The average molecular weight is 490 g/mol. The number of hydrogen-bond donors (Lipinski definition) is 2. The zero-order valence-electron chi connectivity index (χ0n) is 15.2. The minimum Gasteiger partial charge on any atom is -0.456 e. The van der Waals surface area contributed by atoms with E-state index in [2.05, 4.69) is 36.8 Å². The fourth-order valence-corrected chi connectivity index (χ4v) is 3.34. The lowest BCUT2D eigenvalue weighted by Gasteiger charge is -2.10. The second-order valence-corrected chi connectivity index (χ2v) is 8.26. The number of hydrogen-bond acceptors (Lipinski definition) is 7. The number of esters is 1. The molecule has 2 aromatic rings. The summed E-state index contributed by atoms with van der Waals surface area (Å²) in [6.45, 7) is 3.19. The van der Waals surface area contributed by atoms with Gasteiger partial charge < -0.3 is 15.4 Å². The topological polar surface area (TPSA) is 110 Å². The van der Waals surface area contributed by atoms with Gasteiger partial charge in [0.25, 0.3) is 5.91 Å². The van der Waals surface area contributed by atoms with Gasteiger partial charge in [0, 0.05) is 23.0 Å². The lowest BCUT2D eigenvalue weighted by molar-refractivity contribution is -0.147. The molecule has 2 N–H and O–H groups in total. The maximum Gasteiger partial charge on any atom is 0.306 e. The Hall–Kier alpha value is -2.04. The molecular formula is C17H18BrClN4O4S. The summed E-state index contributed by atoms with van der Waals surface area (Å²) in [6.07, 6.45) is 0.459. The van der Waals surface area contributed by atoms with E-state index in [-0.39, 0.29) is 18.7 Å². The Balaban J connectivity index is 1.67. The number of rotatable bonds is 8. The van der Waals surface area contributed by atoms with Crippen molar-refractivity contribution in [1.82, 2.24) is 10.2 Å². The van der Waals surface area contributed by atoms with Gasteiger partial charge in [-0.25, -0.2) is 0 Å². The molecule has 1 aromatic carbocycles. The zero-order chi connectivity index (χ0) is 20.7. The van der Waals surface area contributed by atoms with Crippen molar-refractivity contribution in [2.45, 2.75) is 33.1 Å². The van der Waals surface area contributed by atoms with Crippen molar-refractivity contribution in [3.8, 4) is 0 Å². The second kappa shape index (κ2) is 10.5. The van der Waals surface area contributed by atoms with Gasteiger partial charge >= 0.3 is 5.97 Å². The molecule has 0 spiro atoms. The van der Waals surface area contributed by atoms with Gasteiger partial charge in [-0.3, -0.25) is 14.4 Å². The van der Waals surface area contributed by atoms with Gasteiger partial charge in [0.2, 0.25) is 11.0 Å². The number of halogens is 2. The first kappa shape index (κ1) is 22.3. The number of nitrogens with zero attached hydrogens (tertiary/aromatic N) is 2. The van der Waals surface area contributed by atoms with Crippen LogP contribution in [0.2, 0.25) is 5.02 Å². The fraction of sp³-hybridized carbons (Fsp3) is 0.353. The molecule has 0 unspecified atom stereocenters. The lowest BCUT2D eigenvalue weighted by Crippen LogP contribution is -2.21. The number of benzene rings is 1. The summed E-state index contributed by atoms with van der Waals surface area (Å²) in [4.78, 5) is 35.4. The van der Waals surface area contributed by atoms with Crippen LogP contribution in [-0.2, 0) is 19.1 Å². The summed E-state index contributed by atoms with van der Waals surface area (Å²) >= 11 is 10.6. The fourth-order valence-electron chi connectivity index (χ4n) is 2.11. The van der Waals surface area contributed by atoms with Crippen molar-refractivity contribution < 1.29 is 19.1 Å². The van der Waals surface area contributed by atoms with Gasteiger partial charge in [0.05, 0.1) is 5.02 Å². The molecule has 0 aliphatic rings. The molecule has 150 valence electrons. The minimum absolute atomic E-state index is 0.0268. The number of anilines is 2. The summed E-state index contributed by atoms with van der Waals surface area (Å²) in [5.74, 6) is -1.29. The smallest absolute Gasteiger partial charge is 0.306 e. The summed E-state index contributed by atoms with van der Waals surface area (Å²) in [5, 5.41) is 14.5. The number of aryl methyl sites for hydroxylation is 2. The van der Waals surface area contributed by atoms with Crippen LogP contribution in [-0.4, -0.2) is 34.6 Å². The van der Waals surface area contributed by atoms with E-state index in [1.165, 1.54) is 11.3 Å². The maximum atomic E-state index is 11.9. The number of amides is 2. The maximum absolute atomic E-state index is 11.9. The van der Waals surface area contributed by atoms with E-state index in [9.17, 15) is 14.4 Å². The Labute approximate surface area is 179 Å². The highest BCUT2D eigenvalue weighted by atomic mass is 79.9. The molecule has 0 atom stereocenters. The van der Waals surface area contributed by atoms with E-state index in [1.807, 2.05) is 6.92 Å². The van der Waals surface area contributed by atoms with Crippen molar-refractivity contribution in [1.29, 1.82) is 0 Å². The number of carbonyl (C=O) groups excluding carboxylic acids is 3. The molecule has 0 saturated heterocycles. The Morgan fingerprint density at radius 1 is 1.14 bits per heavy atom. The Kier molecular flexibility index (Phi) is 8.34. The van der Waals surface area contributed by atoms with E-state index < -0.39 is 18.5 Å². The van der Waals surface area contributed by atoms with Crippen molar-refractivity contribution in [3.05, 3.63) is 32.2 Å². The van der Waals surface area contributed by atoms with Crippen LogP contribution < -0.4 is 10.6 Å². The first-order valence-electron chi connectivity index (χ1n) is 8.25. The van der Waals surface area contributed by atoms with Crippen LogP contribution in [0.4, 0.5) is 10.8 Å². The molecule has 0 bridgehead atoms. The minimum atomic E-state index is -0.555. The van der Waals surface area contributed by atoms with Gasteiger partial charge in [-0.05, 0) is 53.9 Å². The van der Waals surface area contributed by atoms with Crippen LogP contribution in [0.1, 0.15) is 29.8 Å². The number of ether oxygens (including phenoxy) is 1. The zero-order valence-corrected chi connectivity index (χ0v) is 18.3. The summed E-state index contributed by atoms with van der Waals surface area (Å²) < 4.78 is 5.65. The molecule has 0 aliphatic heterocycles. The Morgan fingerprint density at radius 3 is 2.57 bits per heavy atom. The predicted molar refractivity (Wildman–Crippen MR) is 111 cm³/mol. The molecule has 1 heterocycles. The summed E-state index contributed by atoms with van der Waals surface area (Å²) in [5.41, 5.74) is 1.35.